The van der Waals surface area contributed by atoms with E-state index >= 15 is 0 Å². The molecule has 0 saturated heterocycles. The number of hydrogen-bond acceptors (Lipinski definition) is 7. The average molecular weight is 1090 g/mol. The molecule has 1 aliphatic rings. The number of ether oxygens (including phenoxy) is 1. The number of anilines is 1. The summed E-state index contributed by atoms with van der Waals surface area (Å²) in [5.41, 5.74) is 10.7. The first-order chi connectivity index (χ1) is 38.4. The molecular weight excluding hydrogens is 1020 g/mol. The number of hydrogen-bond donors (Lipinski definition) is 2. The van der Waals surface area contributed by atoms with E-state index in [-0.39, 0.29) is 25.9 Å². The molecule has 10 nitrogen and oxygen atoms in total. The van der Waals surface area contributed by atoms with E-state index < -0.39 is 42.6 Å². The van der Waals surface area contributed by atoms with Crippen molar-refractivity contribution < 1.29 is 39.7 Å². The van der Waals surface area contributed by atoms with Gasteiger partial charge in [-0.2, -0.15) is 21.4 Å². The minimum absolute atomic E-state index is 0.0852. The highest BCUT2D eigenvalue weighted by atomic mass is 32.2. The van der Waals surface area contributed by atoms with E-state index in [9.17, 15) is 25.9 Å². The normalized spacial score (nSPS) is 14.2. The summed E-state index contributed by atoms with van der Waals surface area (Å²) >= 11 is 0. The Labute approximate surface area is 464 Å². The number of aromatic nitrogens is 1. The van der Waals surface area contributed by atoms with Crippen molar-refractivity contribution in [3.63, 3.8) is 0 Å². The fraction of sp³-hybridized carbons (Fsp3) is 0.209. The van der Waals surface area contributed by atoms with Crippen molar-refractivity contribution in [3.8, 4) is 28.0 Å². The molecule has 0 amide bonds. The van der Waals surface area contributed by atoms with Crippen molar-refractivity contribution in [3.05, 3.63) is 264 Å². The molecule has 0 aliphatic carbocycles. The van der Waals surface area contributed by atoms with Gasteiger partial charge < -0.3 is 14.1 Å². The number of aryl methyl sites for hydroxylation is 1. The van der Waals surface area contributed by atoms with Gasteiger partial charge in [0.1, 0.15) is 0 Å². The van der Waals surface area contributed by atoms with Crippen LogP contribution in [0.1, 0.15) is 54.3 Å². The number of rotatable bonds is 23. The van der Waals surface area contributed by atoms with Gasteiger partial charge in [0.25, 0.3) is 25.8 Å². The third-order valence-electron chi connectivity index (χ3n) is 15.2. The van der Waals surface area contributed by atoms with Crippen LogP contribution < -0.4 is 14.2 Å². The Morgan fingerprint density at radius 2 is 0.962 bits per heavy atom. The van der Waals surface area contributed by atoms with E-state index in [1.54, 1.807) is 0 Å². The molecule has 1 aliphatic heterocycles. The van der Waals surface area contributed by atoms with Crippen molar-refractivity contribution in [2.45, 2.75) is 68.9 Å². The van der Waals surface area contributed by atoms with E-state index in [2.05, 4.69) is 12.1 Å². The molecule has 8 aromatic carbocycles. The van der Waals surface area contributed by atoms with Gasteiger partial charge in [0.15, 0.2) is 12.3 Å². The second-order valence-electron chi connectivity index (χ2n) is 20.5. The summed E-state index contributed by atoms with van der Waals surface area (Å²) in [7, 11) is -9.15. The molecule has 0 fully saturated rings. The lowest BCUT2D eigenvalue weighted by Gasteiger charge is -2.28. The van der Waals surface area contributed by atoms with E-state index in [0.717, 1.165) is 61.3 Å². The SMILES string of the molecule is CCC(=C/c1oc2ccc(-c3ccccc3)cc2[n+]1CCC(C(Cc1ccccc1)Cc1ccccc1)S(=O)(=O)O)/C=C1/Oc2ccc(-c3ccccc3)cc2N1CCC(C(Cc1ccccc1)Cc1ccccc1)S(=O)(=O)O. The molecule has 402 valence electrons. The maximum atomic E-state index is 13.7. The van der Waals surface area contributed by atoms with E-state index in [0.29, 0.717) is 55.2 Å². The lowest BCUT2D eigenvalue weighted by atomic mass is 9.88. The molecule has 1 aromatic heterocycles. The van der Waals surface area contributed by atoms with Crippen LogP contribution in [0, 0.1) is 11.8 Å². The highest BCUT2D eigenvalue weighted by Crippen LogP contribution is 2.43. The van der Waals surface area contributed by atoms with Crippen LogP contribution in [-0.2, 0) is 52.5 Å². The van der Waals surface area contributed by atoms with E-state index in [1.165, 1.54) is 0 Å². The summed E-state index contributed by atoms with van der Waals surface area (Å²) in [6, 6.07) is 71.2. The Morgan fingerprint density at radius 1 is 0.532 bits per heavy atom. The molecule has 0 saturated carbocycles. The molecule has 2 atom stereocenters. The minimum atomic E-state index is -4.57. The molecule has 0 radical (unpaired) electrons. The van der Waals surface area contributed by atoms with Crippen molar-refractivity contribution in [1.29, 1.82) is 0 Å². The molecule has 12 heteroatoms. The highest BCUT2D eigenvalue weighted by molar-refractivity contribution is 7.86. The Hall–Kier alpha value is -7.87. The van der Waals surface area contributed by atoms with Crippen LogP contribution in [0.3, 0.4) is 0 Å². The molecule has 10 rings (SSSR count). The lowest BCUT2D eigenvalue weighted by molar-refractivity contribution is -0.678. The number of fused-ring (bicyclic) bond motifs is 2. The van der Waals surface area contributed by atoms with Gasteiger partial charge in [-0.05, 0) is 119 Å². The second kappa shape index (κ2) is 24.9. The van der Waals surface area contributed by atoms with Crippen LogP contribution in [-0.4, -0.2) is 43.0 Å². The van der Waals surface area contributed by atoms with Crippen LogP contribution in [0.25, 0.3) is 39.4 Å². The van der Waals surface area contributed by atoms with Gasteiger partial charge >= 0.3 is 5.89 Å². The summed E-state index contributed by atoms with van der Waals surface area (Å²) in [5, 5.41) is -2.25. The second-order valence-corrected chi connectivity index (χ2v) is 23.7. The largest absolute Gasteiger partial charge is 0.439 e. The fourth-order valence-electron chi connectivity index (χ4n) is 11.2. The highest BCUT2D eigenvalue weighted by Gasteiger charge is 2.37. The monoisotopic (exact) mass is 1090 g/mol. The van der Waals surface area contributed by atoms with Gasteiger partial charge in [-0.1, -0.05) is 201 Å². The Balaban J connectivity index is 1.04. The van der Waals surface area contributed by atoms with Crippen molar-refractivity contribution in [2.75, 3.05) is 11.4 Å². The number of nitrogens with zero attached hydrogens (tertiary/aromatic N) is 2. The summed E-state index contributed by atoms with van der Waals surface area (Å²) in [5.74, 6) is 0.606. The first-order valence-electron chi connectivity index (χ1n) is 27.0. The lowest BCUT2D eigenvalue weighted by Crippen LogP contribution is -2.41. The Morgan fingerprint density at radius 3 is 1.42 bits per heavy atom. The zero-order valence-electron chi connectivity index (χ0n) is 44.2. The molecular formula is C67H65N2O8S2+. The van der Waals surface area contributed by atoms with Gasteiger partial charge in [0.2, 0.25) is 11.5 Å². The molecule has 2 N–H and O–H groups in total. The molecule has 2 unspecified atom stereocenters. The minimum Gasteiger partial charge on any atom is -0.439 e. The van der Waals surface area contributed by atoms with Crippen LogP contribution in [0.4, 0.5) is 5.69 Å². The topological polar surface area (TPSA) is 138 Å². The zero-order chi connectivity index (χ0) is 54.8. The molecule has 79 heavy (non-hydrogen) atoms. The predicted octanol–water partition coefficient (Wildman–Crippen LogP) is 14.1. The standard InChI is InChI=1S/C67H64N2O8S2/c1-2-49(45-66-68(60-47-56(33-35-62(60)76-66)54-29-17-7-18-30-54)39-37-64(78(70,71)72)58(41-50-21-9-3-10-22-50)42-51-23-11-4-12-24-51)46-67-69(61-48-57(34-36-63(61)77-67)55-31-19-8-20-32-55)40-38-65(79(73,74)75)59(43-52-25-13-5-14-26-52)44-53-27-15-6-16-28-53/h3-36,45-48,58-59,64-65H,2,37-44H2,1H3,(H-,70,71,72,73,74,75)/p+1. The van der Waals surface area contributed by atoms with E-state index in [1.807, 2.05) is 235 Å². The van der Waals surface area contributed by atoms with Crippen molar-refractivity contribution in [1.82, 2.24) is 0 Å². The first-order valence-corrected chi connectivity index (χ1v) is 30.0. The fourth-order valence-corrected chi connectivity index (χ4v) is 13.3. The third kappa shape index (κ3) is 13.7. The Bertz CT molecular complexity index is 3680. The van der Waals surface area contributed by atoms with Crippen LogP contribution in [0.2, 0.25) is 0 Å². The molecule has 9 aromatic rings. The number of oxazole rings is 1. The summed E-state index contributed by atoms with van der Waals surface area (Å²) < 4.78 is 92.8. The van der Waals surface area contributed by atoms with Gasteiger partial charge in [0.05, 0.1) is 22.3 Å². The summed E-state index contributed by atoms with van der Waals surface area (Å²) in [6.45, 7) is 2.41. The zero-order valence-corrected chi connectivity index (χ0v) is 45.8. The number of allylic oxidation sites excluding steroid dienone is 2. The predicted molar refractivity (Wildman–Crippen MR) is 316 cm³/mol. The molecule has 0 spiro atoms. The average Bonchev–Trinajstić information content (AvgIpc) is 4.13. The smallest absolute Gasteiger partial charge is 0.374 e. The summed E-state index contributed by atoms with van der Waals surface area (Å²) in [4.78, 5) is 2.00. The first kappa shape index (κ1) is 54.5. The van der Waals surface area contributed by atoms with Crippen LogP contribution >= 0.6 is 0 Å². The molecule has 0 bridgehead atoms. The van der Waals surface area contributed by atoms with Gasteiger partial charge in [-0.25, -0.2) is 0 Å². The van der Waals surface area contributed by atoms with Crippen molar-refractivity contribution >= 4 is 43.1 Å². The maximum absolute atomic E-state index is 13.7. The number of benzene rings is 8. The van der Waals surface area contributed by atoms with Crippen LogP contribution in [0.5, 0.6) is 5.75 Å². The van der Waals surface area contributed by atoms with Gasteiger partial charge in [-0.3, -0.25) is 9.11 Å². The quantitative estimate of drug-likeness (QED) is 0.0473. The third-order valence-corrected chi connectivity index (χ3v) is 17.9. The summed E-state index contributed by atoms with van der Waals surface area (Å²) in [6.07, 6.45) is 6.33. The van der Waals surface area contributed by atoms with E-state index in [4.69, 9.17) is 9.15 Å². The Kier molecular flexibility index (Phi) is 17.1. The van der Waals surface area contributed by atoms with Gasteiger partial charge in [0, 0.05) is 25.1 Å². The maximum Gasteiger partial charge on any atom is 0.374 e. The van der Waals surface area contributed by atoms with Gasteiger partial charge in [-0.15, -0.1) is 0 Å². The van der Waals surface area contributed by atoms with Crippen molar-refractivity contribution in [2.24, 2.45) is 11.8 Å². The van der Waals surface area contributed by atoms with Crippen LogP contribution in [0.15, 0.2) is 240 Å². The molecule has 2 heterocycles.